The lowest BCUT2D eigenvalue weighted by molar-refractivity contribution is -0.124. The SMILES string of the molecule is N[C@H](C(=O)Nc1cccc(F)c1CC[C@@H]1CN[C@H](COC(=O)NCC(F)(F)F)CO1)[C@H](c1ccc(F)cc1)c1ccc(Oc2ccccc2)cc1. The van der Waals surface area contributed by atoms with Crippen molar-refractivity contribution in [1.29, 1.82) is 0 Å². The molecular weight excluding hydrogens is 675 g/mol. The molecule has 0 unspecified atom stereocenters. The van der Waals surface area contributed by atoms with Crippen molar-refractivity contribution in [3.8, 4) is 11.5 Å². The molecular formula is C37H37F5N4O5. The predicted octanol–water partition coefficient (Wildman–Crippen LogP) is 6.43. The molecule has 1 heterocycles. The zero-order valence-electron chi connectivity index (χ0n) is 27.3. The van der Waals surface area contributed by atoms with Gasteiger partial charge < -0.3 is 35.9 Å². The molecule has 1 aliphatic heterocycles. The number of carbonyl (C=O) groups excluding carboxylic acids is 2. The van der Waals surface area contributed by atoms with E-state index in [0.29, 0.717) is 35.6 Å². The summed E-state index contributed by atoms with van der Waals surface area (Å²) >= 11 is 0. The number of amides is 2. The van der Waals surface area contributed by atoms with Gasteiger partial charge in [-0.1, -0.05) is 48.5 Å². The number of alkyl carbamates (subject to hydrolysis) is 1. The number of para-hydroxylation sites is 1. The van der Waals surface area contributed by atoms with Crippen LogP contribution in [0.2, 0.25) is 0 Å². The van der Waals surface area contributed by atoms with Gasteiger partial charge in [0.1, 0.15) is 36.3 Å². The zero-order valence-corrected chi connectivity index (χ0v) is 27.3. The smallest absolute Gasteiger partial charge is 0.407 e. The van der Waals surface area contributed by atoms with Crippen LogP contribution < -0.4 is 26.4 Å². The van der Waals surface area contributed by atoms with Crippen LogP contribution >= 0.6 is 0 Å². The van der Waals surface area contributed by atoms with Crippen LogP contribution in [0.5, 0.6) is 11.5 Å². The lowest BCUT2D eigenvalue weighted by Crippen LogP contribution is -2.49. The van der Waals surface area contributed by atoms with Crippen LogP contribution in [0.1, 0.15) is 29.0 Å². The maximum absolute atomic E-state index is 15.1. The Morgan fingerprint density at radius 1 is 0.902 bits per heavy atom. The third-order valence-corrected chi connectivity index (χ3v) is 8.22. The average Bonchev–Trinajstić information content (AvgIpc) is 3.12. The number of nitrogens with two attached hydrogens (primary N) is 1. The van der Waals surface area contributed by atoms with Gasteiger partial charge in [0.25, 0.3) is 0 Å². The summed E-state index contributed by atoms with van der Waals surface area (Å²) in [6.45, 7) is -1.28. The first-order valence-electron chi connectivity index (χ1n) is 16.2. The number of anilines is 1. The van der Waals surface area contributed by atoms with E-state index in [0.717, 1.165) is 0 Å². The second-order valence-corrected chi connectivity index (χ2v) is 12.0. The maximum Gasteiger partial charge on any atom is 0.407 e. The van der Waals surface area contributed by atoms with E-state index < -0.39 is 54.4 Å². The summed E-state index contributed by atoms with van der Waals surface area (Å²) < 4.78 is 82.3. The van der Waals surface area contributed by atoms with Gasteiger partial charge in [-0.25, -0.2) is 13.6 Å². The molecule has 2 amide bonds. The Morgan fingerprint density at radius 3 is 2.22 bits per heavy atom. The lowest BCUT2D eigenvalue weighted by atomic mass is 9.85. The molecule has 0 bridgehead atoms. The minimum Gasteiger partial charge on any atom is -0.457 e. The van der Waals surface area contributed by atoms with Crippen molar-refractivity contribution in [3.63, 3.8) is 0 Å². The highest BCUT2D eigenvalue weighted by Crippen LogP contribution is 2.32. The van der Waals surface area contributed by atoms with Crippen molar-refractivity contribution in [2.75, 3.05) is 31.6 Å². The minimum atomic E-state index is -4.55. The lowest BCUT2D eigenvalue weighted by Gasteiger charge is -2.30. The van der Waals surface area contributed by atoms with Gasteiger partial charge in [0.05, 0.1) is 24.8 Å². The summed E-state index contributed by atoms with van der Waals surface area (Å²) in [4.78, 5) is 25.2. The van der Waals surface area contributed by atoms with E-state index in [4.69, 9.17) is 19.9 Å². The van der Waals surface area contributed by atoms with Crippen LogP contribution in [-0.4, -0.2) is 62.7 Å². The second kappa shape index (κ2) is 17.2. The zero-order chi connectivity index (χ0) is 36.4. The van der Waals surface area contributed by atoms with Crippen LogP contribution in [0.15, 0.2) is 97.1 Å². The number of morpholine rings is 1. The van der Waals surface area contributed by atoms with Crippen LogP contribution in [0.25, 0.3) is 0 Å². The molecule has 5 N–H and O–H groups in total. The van der Waals surface area contributed by atoms with Gasteiger partial charge >= 0.3 is 12.3 Å². The number of hydrogen-bond donors (Lipinski definition) is 4. The normalized spacial score (nSPS) is 17.2. The fourth-order valence-corrected chi connectivity index (χ4v) is 5.61. The summed E-state index contributed by atoms with van der Waals surface area (Å²) in [5.74, 6) is -1.04. The predicted molar refractivity (Wildman–Crippen MR) is 179 cm³/mol. The first-order chi connectivity index (χ1) is 24.4. The summed E-state index contributed by atoms with van der Waals surface area (Å²) in [5, 5.41) is 7.52. The molecule has 0 radical (unpaired) electrons. The van der Waals surface area contributed by atoms with Crippen molar-refractivity contribution in [2.24, 2.45) is 5.73 Å². The molecule has 4 atom stereocenters. The third-order valence-electron chi connectivity index (χ3n) is 8.22. The highest BCUT2D eigenvalue weighted by Gasteiger charge is 2.30. The van der Waals surface area contributed by atoms with Crippen molar-refractivity contribution in [3.05, 3.63) is 125 Å². The van der Waals surface area contributed by atoms with Gasteiger partial charge in [-0.2, -0.15) is 13.2 Å². The number of alkyl halides is 3. The summed E-state index contributed by atoms with van der Waals surface area (Å²) in [7, 11) is 0. The molecule has 14 heteroatoms. The molecule has 270 valence electrons. The summed E-state index contributed by atoms with van der Waals surface area (Å²) in [6.07, 6.45) is -5.56. The van der Waals surface area contributed by atoms with Gasteiger partial charge in [0, 0.05) is 23.7 Å². The van der Waals surface area contributed by atoms with E-state index in [9.17, 15) is 27.2 Å². The fourth-order valence-electron chi connectivity index (χ4n) is 5.61. The molecule has 0 saturated carbocycles. The van der Waals surface area contributed by atoms with Crippen LogP contribution in [-0.2, 0) is 20.7 Å². The van der Waals surface area contributed by atoms with Crippen LogP contribution in [0.4, 0.5) is 32.4 Å². The van der Waals surface area contributed by atoms with Gasteiger partial charge in [-0.3, -0.25) is 4.79 Å². The standard InChI is InChI=1S/C37H37F5N4O5/c38-25-13-9-23(10-14-25)33(24-11-15-28(16-12-24)51-27-5-2-1-3-6-27)34(43)35(47)46-32-8-4-7-31(39)30(32)18-17-29-19-44-26(20-49-29)21-50-36(48)45-22-37(40,41)42/h1-16,26,29,33-34,44H,17-22,43H2,(H,45,48)(H,46,47)/t26-,29+,33+,34-/m0/s1. The largest absolute Gasteiger partial charge is 0.457 e. The van der Waals surface area contributed by atoms with E-state index in [1.165, 1.54) is 24.3 Å². The highest BCUT2D eigenvalue weighted by atomic mass is 19.4. The number of carbonyl (C=O) groups is 2. The van der Waals surface area contributed by atoms with Crippen molar-refractivity contribution in [2.45, 2.75) is 43.1 Å². The Labute approximate surface area is 291 Å². The number of benzene rings is 4. The van der Waals surface area contributed by atoms with Crippen molar-refractivity contribution < 1.29 is 45.8 Å². The quantitative estimate of drug-likeness (QED) is 0.118. The van der Waals surface area contributed by atoms with E-state index in [2.05, 4.69) is 10.6 Å². The van der Waals surface area contributed by atoms with Crippen LogP contribution in [0, 0.1) is 11.6 Å². The first-order valence-corrected chi connectivity index (χ1v) is 16.2. The molecule has 5 rings (SSSR count). The molecule has 51 heavy (non-hydrogen) atoms. The Kier molecular flexibility index (Phi) is 12.6. The molecule has 9 nitrogen and oxygen atoms in total. The molecule has 1 aliphatic rings. The Balaban J connectivity index is 1.20. The minimum absolute atomic E-state index is 0.108. The monoisotopic (exact) mass is 712 g/mol. The highest BCUT2D eigenvalue weighted by molar-refractivity contribution is 5.96. The number of nitrogens with one attached hydrogen (secondary N) is 3. The van der Waals surface area contributed by atoms with E-state index in [-0.39, 0.29) is 37.0 Å². The Bertz CT molecular complexity index is 1740. The third kappa shape index (κ3) is 11.0. The second-order valence-electron chi connectivity index (χ2n) is 12.0. The van der Waals surface area contributed by atoms with Gasteiger partial charge in [-0.05, 0) is 72.5 Å². The molecule has 0 aromatic heterocycles. The Hall–Kier alpha value is -5.05. The van der Waals surface area contributed by atoms with E-state index in [1.54, 1.807) is 47.8 Å². The van der Waals surface area contributed by atoms with E-state index >= 15 is 4.39 Å². The number of ether oxygens (including phenoxy) is 3. The van der Waals surface area contributed by atoms with Gasteiger partial charge in [0.15, 0.2) is 0 Å². The average molecular weight is 713 g/mol. The number of hydrogen-bond acceptors (Lipinski definition) is 7. The molecule has 4 aromatic carbocycles. The Morgan fingerprint density at radius 2 is 1.57 bits per heavy atom. The molecule has 1 fully saturated rings. The van der Waals surface area contributed by atoms with Gasteiger partial charge in [0.2, 0.25) is 5.91 Å². The van der Waals surface area contributed by atoms with Crippen molar-refractivity contribution in [1.82, 2.24) is 10.6 Å². The maximum atomic E-state index is 15.1. The fraction of sp³-hybridized carbons (Fsp3) is 0.297. The van der Waals surface area contributed by atoms with Crippen LogP contribution in [0.3, 0.4) is 0 Å². The number of halogens is 5. The topological polar surface area (TPSA) is 124 Å². The molecule has 4 aromatic rings. The van der Waals surface area contributed by atoms with E-state index in [1.807, 2.05) is 30.3 Å². The van der Waals surface area contributed by atoms with Gasteiger partial charge in [-0.15, -0.1) is 0 Å². The summed E-state index contributed by atoms with van der Waals surface area (Å²) in [6, 6.07) is 24.7. The molecule has 0 spiro atoms. The van der Waals surface area contributed by atoms with Crippen molar-refractivity contribution >= 4 is 17.7 Å². The first kappa shape index (κ1) is 37.2. The molecule has 1 saturated heterocycles. The molecule has 0 aliphatic carbocycles. The summed E-state index contributed by atoms with van der Waals surface area (Å²) in [5.41, 5.74) is 8.36. The number of rotatable bonds is 13.